The van der Waals surface area contributed by atoms with Crippen LogP contribution in [0.2, 0.25) is 0 Å². The van der Waals surface area contributed by atoms with Crippen LogP contribution in [0, 0.1) is 0 Å². The summed E-state index contributed by atoms with van der Waals surface area (Å²) in [4.78, 5) is 22.4. The summed E-state index contributed by atoms with van der Waals surface area (Å²) in [6.07, 6.45) is 2.23. The summed E-state index contributed by atoms with van der Waals surface area (Å²) >= 11 is 0. The smallest absolute Gasteiger partial charge is 0.317 e. The molecule has 0 spiro atoms. The highest BCUT2D eigenvalue weighted by atomic mass is 28.2. The predicted octanol–water partition coefficient (Wildman–Crippen LogP) is 0.644. The van der Waals surface area contributed by atoms with Gasteiger partial charge in [0.2, 0.25) is 19.5 Å². The fourth-order valence-electron chi connectivity index (χ4n) is 0.813. The van der Waals surface area contributed by atoms with Crippen molar-refractivity contribution in [3.8, 4) is 0 Å². The molecule has 0 saturated heterocycles. The van der Waals surface area contributed by atoms with Crippen LogP contribution in [0.15, 0.2) is 34.7 Å². The van der Waals surface area contributed by atoms with E-state index in [0.717, 1.165) is 23.3 Å². The third-order valence-electron chi connectivity index (χ3n) is 1.79. The van der Waals surface area contributed by atoms with Gasteiger partial charge in [0.25, 0.3) is 0 Å². The fourth-order valence-corrected chi connectivity index (χ4v) is 2.17. The minimum Gasteiger partial charge on any atom is -0.518 e. The van der Waals surface area contributed by atoms with Gasteiger partial charge >= 0.3 is 11.9 Å². The van der Waals surface area contributed by atoms with E-state index in [2.05, 4.69) is 0 Å². The van der Waals surface area contributed by atoms with Crippen LogP contribution in [0.5, 0.6) is 0 Å². The normalized spacial score (nSPS) is 11.1. The molecule has 0 fully saturated rings. The Morgan fingerprint density at radius 3 is 1.39 bits per heavy atom. The van der Waals surface area contributed by atoms with Crippen LogP contribution >= 0.6 is 0 Å². The van der Waals surface area contributed by atoms with Crippen molar-refractivity contribution < 1.29 is 18.4 Å². The average Bonchev–Trinajstić information content (AvgIpc) is 2.25. The van der Waals surface area contributed by atoms with Crippen molar-refractivity contribution in [1.29, 1.82) is 0 Å². The molecule has 0 heterocycles. The van der Waals surface area contributed by atoms with Gasteiger partial charge < -0.3 is 8.85 Å². The Bertz CT molecular complexity index is 340. The minimum absolute atomic E-state index is 0.486. The summed E-state index contributed by atoms with van der Waals surface area (Å²) in [5, 5.41) is 0. The second-order valence-electron chi connectivity index (χ2n) is 4.16. The SMILES string of the molecule is CC(C)=C[SiH2]OC(=O)/C=C/C(=O)O[SiH2]C=C(C)C. The average molecular weight is 284 g/mol. The highest BCUT2D eigenvalue weighted by molar-refractivity contribution is 6.38. The van der Waals surface area contributed by atoms with Gasteiger partial charge in [-0.05, 0) is 27.7 Å². The molecule has 0 radical (unpaired) electrons. The van der Waals surface area contributed by atoms with E-state index in [1.54, 1.807) is 0 Å². The topological polar surface area (TPSA) is 52.6 Å². The summed E-state index contributed by atoms with van der Waals surface area (Å²) in [6.45, 7) is 7.79. The Labute approximate surface area is 113 Å². The molecular formula is C12H20O4Si2. The number of hydrogen-bond acceptors (Lipinski definition) is 4. The van der Waals surface area contributed by atoms with Gasteiger partial charge in [0.1, 0.15) is 0 Å². The van der Waals surface area contributed by atoms with Crippen LogP contribution in [-0.2, 0) is 18.4 Å². The molecule has 100 valence electrons. The zero-order chi connectivity index (χ0) is 14.0. The van der Waals surface area contributed by atoms with Gasteiger partial charge in [-0.15, -0.1) is 0 Å². The number of allylic oxidation sites excluding steroid dienone is 2. The minimum atomic E-state index is -0.971. The van der Waals surface area contributed by atoms with Gasteiger partial charge in [-0.3, -0.25) is 0 Å². The zero-order valence-electron chi connectivity index (χ0n) is 11.4. The van der Waals surface area contributed by atoms with Crippen LogP contribution < -0.4 is 0 Å². The number of hydrogen-bond donors (Lipinski definition) is 0. The van der Waals surface area contributed by atoms with E-state index in [1.807, 2.05) is 39.1 Å². The molecule has 0 atom stereocenters. The summed E-state index contributed by atoms with van der Waals surface area (Å²) in [7, 11) is -1.94. The lowest BCUT2D eigenvalue weighted by atomic mass is 10.4. The van der Waals surface area contributed by atoms with Crippen molar-refractivity contribution in [2.75, 3.05) is 0 Å². The Hall–Kier alpha value is -1.41. The Kier molecular flexibility index (Phi) is 8.86. The second kappa shape index (κ2) is 9.61. The maximum atomic E-state index is 11.2. The van der Waals surface area contributed by atoms with Crippen molar-refractivity contribution >= 4 is 31.5 Å². The number of carbonyl (C=O) groups is 2. The molecule has 0 rings (SSSR count). The third-order valence-corrected chi connectivity index (χ3v) is 4.66. The van der Waals surface area contributed by atoms with E-state index in [4.69, 9.17) is 8.85 Å². The predicted molar refractivity (Wildman–Crippen MR) is 77.3 cm³/mol. The first-order valence-corrected chi connectivity index (χ1v) is 8.49. The fraction of sp³-hybridized carbons (Fsp3) is 0.333. The van der Waals surface area contributed by atoms with Crippen LogP contribution in [0.25, 0.3) is 0 Å². The molecule has 0 saturated carbocycles. The molecular weight excluding hydrogens is 264 g/mol. The molecule has 0 aliphatic carbocycles. The maximum absolute atomic E-state index is 11.2. The first-order chi connectivity index (χ1) is 8.41. The Morgan fingerprint density at radius 1 is 0.778 bits per heavy atom. The molecule has 0 aromatic carbocycles. The quantitative estimate of drug-likeness (QED) is 0.531. The van der Waals surface area contributed by atoms with Crippen LogP contribution in [0.4, 0.5) is 0 Å². The lowest BCUT2D eigenvalue weighted by Gasteiger charge is -1.99. The molecule has 0 aromatic heterocycles. The molecule has 0 N–H and O–H groups in total. The highest BCUT2D eigenvalue weighted by Crippen LogP contribution is 1.90. The molecule has 18 heavy (non-hydrogen) atoms. The maximum Gasteiger partial charge on any atom is 0.317 e. The molecule has 0 unspecified atom stereocenters. The van der Waals surface area contributed by atoms with E-state index in [-0.39, 0.29) is 0 Å². The van der Waals surface area contributed by atoms with Crippen molar-refractivity contribution in [3.05, 3.63) is 34.7 Å². The lowest BCUT2D eigenvalue weighted by Crippen LogP contribution is -2.07. The van der Waals surface area contributed by atoms with E-state index in [1.165, 1.54) is 0 Å². The largest absolute Gasteiger partial charge is 0.518 e. The molecule has 0 bridgehead atoms. The summed E-state index contributed by atoms with van der Waals surface area (Å²) in [6, 6.07) is 0. The van der Waals surface area contributed by atoms with E-state index in [9.17, 15) is 9.59 Å². The molecule has 0 aliphatic heterocycles. The summed E-state index contributed by atoms with van der Waals surface area (Å²) in [5.74, 6) is -0.972. The summed E-state index contributed by atoms with van der Waals surface area (Å²) < 4.78 is 9.95. The third kappa shape index (κ3) is 11.1. The van der Waals surface area contributed by atoms with Gasteiger partial charge in [0.05, 0.1) is 0 Å². The van der Waals surface area contributed by atoms with Crippen LogP contribution in [0.1, 0.15) is 27.7 Å². The summed E-state index contributed by atoms with van der Waals surface area (Å²) in [5.41, 5.74) is 6.11. The highest BCUT2D eigenvalue weighted by Gasteiger charge is 1.99. The van der Waals surface area contributed by atoms with Gasteiger partial charge in [-0.2, -0.15) is 0 Å². The molecule has 4 nitrogen and oxygen atoms in total. The van der Waals surface area contributed by atoms with Crippen molar-refractivity contribution in [1.82, 2.24) is 0 Å². The number of carbonyl (C=O) groups excluding carboxylic acids is 2. The first-order valence-electron chi connectivity index (χ1n) is 5.70. The van der Waals surface area contributed by atoms with Gasteiger partial charge in [-0.25, -0.2) is 9.59 Å². The van der Waals surface area contributed by atoms with E-state index in [0.29, 0.717) is 0 Å². The Morgan fingerprint density at radius 2 is 1.11 bits per heavy atom. The number of rotatable bonds is 6. The van der Waals surface area contributed by atoms with Gasteiger partial charge in [0, 0.05) is 12.2 Å². The molecule has 0 amide bonds. The molecule has 0 aromatic rings. The molecule has 6 heteroatoms. The van der Waals surface area contributed by atoms with Crippen molar-refractivity contribution in [2.24, 2.45) is 0 Å². The molecule has 0 aliphatic rings. The Balaban J connectivity index is 3.92. The van der Waals surface area contributed by atoms with Crippen molar-refractivity contribution in [2.45, 2.75) is 27.7 Å². The second-order valence-corrected chi connectivity index (χ2v) is 6.22. The van der Waals surface area contributed by atoms with E-state index >= 15 is 0 Å². The lowest BCUT2D eigenvalue weighted by molar-refractivity contribution is -0.131. The van der Waals surface area contributed by atoms with Crippen LogP contribution in [-0.4, -0.2) is 31.5 Å². The van der Waals surface area contributed by atoms with Gasteiger partial charge in [-0.1, -0.05) is 22.5 Å². The standard InChI is InChI=1S/C12H20O4Si2/c1-9(2)7-17-15-11(13)5-6-12(14)16-18-8-10(3)4/h5-8H,17-18H2,1-4H3/b6-5+. The van der Waals surface area contributed by atoms with Crippen LogP contribution in [0.3, 0.4) is 0 Å². The van der Waals surface area contributed by atoms with E-state index < -0.39 is 31.5 Å². The van der Waals surface area contributed by atoms with Crippen molar-refractivity contribution in [3.63, 3.8) is 0 Å². The van der Waals surface area contributed by atoms with Gasteiger partial charge in [0.15, 0.2) is 0 Å². The monoisotopic (exact) mass is 284 g/mol. The first kappa shape index (κ1) is 16.6. The zero-order valence-corrected chi connectivity index (χ0v) is 14.2.